The van der Waals surface area contributed by atoms with Crippen LogP contribution in [-0.4, -0.2) is 64.6 Å². The molecule has 162 valence electrons. The molecule has 0 bridgehead atoms. The number of hydrogen-bond donors (Lipinski definition) is 0. The fraction of sp³-hybridized carbons (Fsp3) is 0.375. The highest BCUT2D eigenvalue weighted by Gasteiger charge is 2.42. The number of piperazine rings is 1. The van der Waals surface area contributed by atoms with Crippen LogP contribution in [0.5, 0.6) is 0 Å². The fourth-order valence-electron chi connectivity index (χ4n) is 4.45. The van der Waals surface area contributed by atoms with Crippen molar-refractivity contribution >= 4 is 17.7 Å². The highest BCUT2D eigenvalue weighted by Crippen LogP contribution is 2.22. The number of carbonyl (C=O) groups is 3. The second kappa shape index (κ2) is 8.49. The fourth-order valence-corrected chi connectivity index (χ4v) is 4.45. The lowest BCUT2D eigenvalue weighted by Crippen LogP contribution is -2.61. The van der Waals surface area contributed by atoms with E-state index in [1.165, 1.54) is 17.0 Å². The molecule has 0 aliphatic carbocycles. The van der Waals surface area contributed by atoms with Gasteiger partial charge in [-0.3, -0.25) is 14.4 Å². The Hall–Kier alpha value is -3.22. The zero-order chi connectivity index (χ0) is 22.1. The monoisotopic (exact) mass is 423 g/mol. The number of benzene rings is 2. The van der Waals surface area contributed by atoms with Crippen molar-refractivity contribution in [1.82, 2.24) is 14.7 Å². The molecule has 2 fully saturated rings. The van der Waals surface area contributed by atoms with Gasteiger partial charge in [-0.25, -0.2) is 4.39 Å². The maximum absolute atomic E-state index is 13.3. The molecule has 31 heavy (non-hydrogen) atoms. The highest BCUT2D eigenvalue weighted by molar-refractivity contribution is 5.97. The normalized spacial score (nSPS) is 19.3. The van der Waals surface area contributed by atoms with Gasteiger partial charge in [0.2, 0.25) is 11.8 Å². The standard InChI is InChI=1S/C24H26FN3O3/c1-16-10-17(2)12-19(11-16)23(30)26-8-3-9-28-21(14-26)24(31)27(15-22(28)29)13-18-4-6-20(25)7-5-18/h4-7,10-12,21H,3,8-9,13-15H2,1-2H3. The second-order valence-corrected chi connectivity index (χ2v) is 8.40. The van der Waals surface area contributed by atoms with Gasteiger partial charge in [-0.15, -0.1) is 0 Å². The van der Waals surface area contributed by atoms with Crippen molar-refractivity contribution in [3.63, 3.8) is 0 Å². The van der Waals surface area contributed by atoms with E-state index in [9.17, 15) is 18.8 Å². The molecule has 1 atom stereocenters. The smallest absolute Gasteiger partial charge is 0.253 e. The van der Waals surface area contributed by atoms with Gasteiger partial charge >= 0.3 is 0 Å². The zero-order valence-corrected chi connectivity index (χ0v) is 17.8. The van der Waals surface area contributed by atoms with Crippen LogP contribution >= 0.6 is 0 Å². The van der Waals surface area contributed by atoms with Crippen LogP contribution < -0.4 is 0 Å². The topological polar surface area (TPSA) is 60.9 Å². The summed E-state index contributed by atoms with van der Waals surface area (Å²) in [7, 11) is 0. The lowest BCUT2D eigenvalue weighted by molar-refractivity contribution is -0.156. The predicted molar refractivity (Wildman–Crippen MR) is 114 cm³/mol. The van der Waals surface area contributed by atoms with E-state index >= 15 is 0 Å². The number of aryl methyl sites for hydroxylation is 2. The van der Waals surface area contributed by atoms with Gasteiger partial charge in [0.25, 0.3) is 5.91 Å². The van der Waals surface area contributed by atoms with Crippen molar-refractivity contribution in [3.8, 4) is 0 Å². The van der Waals surface area contributed by atoms with Gasteiger partial charge in [0.15, 0.2) is 0 Å². The molecule has 2 aliphatic heterocycles. The van der Waals surface area contributed by atoms with Crippen LogP contribution in [0.15, 0.2) is 42.5 Å². The summed E-state index contributed by atoms with van der Waals surface area (Å²) in [5.74, 6) is -0.763. The summed E-state index contributed by atoms with van der Waals surface area (Å²) >= 11 is 0. The van der Waals surface area contributed by atoms with Gasteiger partial charge in [-0.2, -0.15) is 0 Å². The number of fused-ring (bicyclic) bond motifs is 1. The van der Waals surface area contributed by atoms with E-state index in [1.807, 2.05) is 32.0 Å². The quantitative estimate of drug-likeness (QED) is 0.762. The molecule has 0 N–H and O–H groups in total. The van der Waals surface area contributed by atoms with Crippen molar-refractivity contribution in [3.05, 3.63) is 70.5 Å². The van der Waals surface area contributed by atoms with Crippen molar-refractivity contribution < 1.29 is 18.8 Å². The minimum atomic E-state index is -0.695. The second-order valence-electron chi connectivity index (χ2n) is 8.40. The number of nitrogens with zero attached hydrogens (tertiary/aromatic N) is 3. The summed E-state index contributed by atoms with van der Waals surface area (Å²) in [6, 6.07) is 10.9. The Morgan fingerprint density at radius 2 is 1.71 bits per heavy atom. The summed E-state index contributed by atoms with van der Waals surface area (Å²) in [5.41, 5.74) is 3.37. The average molecular weight is 423 g/mol. The molecule has 2 saturated heterocycles. The van der Waals surface area contributed by atoms with Gasteiger partial charge in [0, 0.05) is 25.2 Å². The molecule has 0 saturated carbocycles. The maximum atomic E-state index is 13.3. The molecular formula is C24H26FN3O3. The lowest BCUT2D eigenvalue weighted by atomic mass is 10.1. The Bertz CT molecular complexity index is 1000. The number of amides is 3. The first-order valence-corrected chi connectivity index (χ1v) is 10.5. The molecular weight excluding hydrogens is 397 g/mol. The Balaban J connectivity index is 1.55. The summed E-state index contributed by atoms with van der Waals surface area (Å²) in [5, 5.41) is 0. The SMILES string of the molecule is Cc1cc(C)cc(C(=O)N2CCCN3C(=O)CN(Cc4ccc(F)cc4)C(=O)C3C2)c1. The Labute approximate surface area is 181 Å². The largest absolute Gasteiger partial charge is 0.336 e. The van der Waals surface area contributed by atoms with Crippen molar-refractivity contribution in [2.24, 2.45) is 0 Å². The third kappa shape index (κ3) is 4.45. The minimum Gasteiger partial charge on any atom is -0.336 e. The molecule has 4 rings (SSSR count). The van der Waals surface area contributed by atoms with E-state index < -0.39 is 6.04 Å². The predicted octanol–water partition coefficient (Wildman–Crippen LogP) is 2.53. The van der Waals surface area contributed by atoms with E-state index in [4.69, 9.17) is 0 Å². The van der Waals surface area contributed by atoms with Crippen molar-refractivity contribution in [2.45, 2.75) is 32.9 Å². The van der Waals surface area contributed by atoms with E-state index in [-0.39, 0.29) is 43.2 Å². The highest BCUT2D eigenvalue weighted by atomic mass is 19.1. The maximum Gasteiger partial charge on any atom is 0.253 e. The van der Waals surface area contributed by atoms with Crippen LogP contribution in [0.4, 0.5) is 4.39 Å². The molecule has 0 aromatic heterocycles. The van der Waals surface area contributed by atoms with Gasteiger partial charge in [-0.05, 0) is 50.1 Å². The summed E-state index contributed by atoms with van der Waals surface area (Å²) in [6.07, 6.45) is 0.629. The Kier molecular flexibility index (Phi) is 5.76. The van der Waals surface area contributed by atoms with Crippen LogP contribution in [0.1, 0.15) is 33.5 Å². The number of halogens is 1. The van der Waals surface area contributed by atoms with Crippen LogP contribution in [0.25, 0.3) is 0 Å². The minimum absolute atomic E-state index is 0.00225. The average Bonchev–Trinajstić information content (AvgIpc) is 2.96. The first kappa shape index (κ1) is 21.0. The molecule has 2 aromatic carbocycles. The summed E-state index contributed by atoms with van der Waals surface area (Å²) < 4.78 is 13.2. The first-order chi connectivity index (χ1) is 14.8. The third-order valence-electron chi connectivity index (χ3n) is 5.88. The van der Waals surface area contributed by atoms with Crippen LogP contribution in [-0.2, 0) is 16.1 Å². The van der Waals surface area contributed by atoms with Crippen LogP contribution in [0.3, 0.4) is 0 Å². The van der Waals surface area contributed by atoms with E-state index in [2.05, 4.69) is 0 Å². The number of carbonyl (C=O) groups excluding carboxylic acids is 3. The van der Waals surface area contributed by atoms with Gasteiger partial charge in [0.05, 0.1) is 6.54 Å². The molecule has 7 heteroatoms. The van der Waals surface area contributed by atoms with Crippen molar-refractivity contribution in [1.29, 1.82) is 0 Å². The Morgan fingerprint density at radius 3 is 2.39 bits per heavy atom. The third-order valence-corrected chi connectivity index (χ3v) is 5.88. The van der Waals surface area contributed by atoms with Gasteiger partial charge in [0.1, 0.15) is 18.4 Å². The molecule has 0 spiro atoms. The molecule has 2 heterocycles. The van der Waals surface area contributed by atoms with E-state index in [1.54, 1.807) is 21.9 Å². The van der Waals surface area contributed by atoms with Crippen LogP contribution in [0, 0.1) is 19.7 Å². The van der Waals surface area contributed by atoms with E-state index in [0.29, 0.717) is 25.1 Å². The molecule has 2 aromatic rings. The lowest BCUT2D eigenvalue weighted by Gasteiger charge is -2.40. The van der Waals surface area contributed by atoms with Crippen molar-refractivity contribution in [2.75, 3.05) is 26.2 Å². The number of hydrogen-bond acceptors (Lipinski definition) is 3. The molecule has 1 unspecified atom stereocenters. The van der Waals surface area contributed by atoms with Crippen LogP contribution in [0.2, 0.25) is 0 Å². The molecule has 2 aliphatic rings. The zero-order valence-electron chi connectivity index (χ0n) is 17.8. The van der Waals surface area contributed by atoms with E-state index in [0.717, 1.165) is 16.7 Å². The molecule has 0 radical (unpaired) electrons. The van der Waals surface area contributed by atoms with Gasteiger partial charge in [-0.1, -0.05) is 29.3 Å². The summed E-state index contributed by atoms with van der Waals surface area (Å²) in [6.45, 7) is 5.26. The Morgan fingerprint density at radius 1 is 1.03 bits per heavy atom. The molecule has 3 amide bonds. The molecule has 6 nitrogen and oxygen atoms in total. The van der Waals surface area contributed by atoms with Gasteiger partial charge < -0.3 is 14.7 Å². The summed E-state index contributed by atoms with van der Waals surface area (Å²) in [4.78, 5) is 44.0. The number of rotatable bonds is 3. The first-order valence-electron chi connectivity index (χ1n) is 10.5.